The normalized spacial score (nSPS) is 13.8. The van der Waals surface area contributed by atoms with Crippen LogP contribution in [0.5, 0.6) is 11.5 Å². The van der Waals surface area contributed by atoms with Gasteiger partial charge in [0.1, 0.15) is 11.5 Å². The molecule has 0 saturated carbocycles. The van der Waals surface area contributed by atoms with Gasteiger partial charge in [0.05, 0.1) is 16.5 Å². The van der Waals surface area contributed by atoms with Crippen molar-refractivity contribution in [2.75, 3.05) is 4.90 Å². The van der Waals surface area contributed by atoms with Crippen LogP contribution in [0.15, 0.2) is 273 Å². The van der Waals surface area contributed by atoms with E-state index in [9.17, 15) is 0 Å². The van der Waals surface area contributed by atoms with Crippen LogP contribution in [0.3, 0.4) is 0 Å². The van der Waals surface area contributed by atoms with E-state index in [4.69, 9.17) is 4.74 Å². The van der Waals surface area contributed by atoms with Crippen molar-refractivity contribution in [3.8, 4) is 56.0 Å². The molecule has 328 valence electrons. The number of rotatable bonds is 7. The van der Waals surface area contributed by atoms with Gasteiger partial charge in [0.2, 0.25) is 0 Å². The molecule has 1 aliphatic heterocycles. The van der Waals surface area contributed by atoms with Gasteiger partial charge >= 0.3 is 0 Å². The van der Waals surface area contributed by atoms with Crippen LogP contribution in [0, 0.1) is 0 Å². The van der Waals surface area contributed by atoms with Crippen molar-refractivity contribution in [1.29, 1.82) is 0 Å². The molecule has 2 aliphatic carbocycles. The maximum absolute atomic E-state index is 6.90. The second kappa shape index (κ2) is 15.8. The summed E-state index contributed by atoms with van der Waals surface area (Å²) in [6.45, 7) is 0. The smallest absolute Gasteiger partial charge is 0.132 e. The van der Waals surface area contributed by atoms with E-state index in [0.717, 1.165) is 50.8 Å². The standard InChI is InChI=1S/C68H45NO/c1-4-20-46(21-5-1)47-36-39-51(40-37-47)69(52-41-42-57-56-29-10-14-30-58(56)67(62(57)45-52,49-22-6-2-7-23-49)50-24-8-3-9-25-50)64-34-18-13-26-53(64)48-38-43-66-63(44-48)68(61-33-17-19-35-65(61)70-66)59-31-15-11-27-54(59)55-28-12-16-32-60(55)68/h1-45H. The first-order valence-corrected chi connectivity index (χ1v) is 24.2. The van der Waals surface area contributed by atoms with Gasteiger partial charge in [-0.3, -0.25) is 0 Å². The quantitative estimate of drug-likeness (QED) is 0.158. The van der Waals surface area contributed by atoms with E-state index >= 15 is 0 Å². The molecule has 14 rings (SSSR count). The lowest BCUT2D eigenvalue weighted by Gasteiger charge is -2.39. The van der Waals surface area contributed by atoms with Gasteiger partial charge in [0.25, 0.3) is 0 Å². The van der Waals surface area contributed by atoms with Crippen LogP contribution in [-0.2, 0) is 10.8 Å². The molecule has 3 aliphatic rings. The number of hydrogen-bond acceptors (Lipinski definition) is 2. The van der Waals surface area contributed by atoms with E-state index in [2.05, 4.69) is 278 Å². The van der Waals surface area contributed by atoms with Gasteiger partial charge in [-0.05, 0) is 121 Å². The monoisotopic (exact) mass is 891 g/mol. The summed E-state index contributed by atoms with van der Waals surface area (Å²) in [5.41, 5.74) is 21.6. The van der Waals surface area contributed by atoms with Gasteiger partial charge in [0.15, 0.2) is 0 Å². The third kappa shape index (κ3) is 5.74. The summed E-state index contributed by atoms with van der Waals surface area (Å²) in [5.74, 6) is 1.76. The van der Waals surface area contributed by atoms with Gasteiger partial charge in [-0.2, -0.15) is 0 Å². The molecule has 0 saturated heterocycles. The first-order chi connectivity index (χ1) is 34.7. The van der Waals surface area contributed by atoms with Crippen molar-refractivity contribution >= 4 is 17.1 Å². The third-order valence-electron chi connectivity index (χ3n) is 15.2. The minimum absolute atomic E-state index is 0.552. The van der Waals surface area contributed by atoms with Crippen molar-refractivity contribution in [2.45, 2.75) is 10.8 Å². The topological polar surface area (TPSA) is 12.5 Å². The lowest BCUT2D eigenvalue weighted by molar-refractivity contribution is 0.436. The fourth-order valence-corrected chi connectivity index (χ4v) is 12.4. The Labute approximate surface area is 409 Å². The molecule has 70 heavy (non-hydrogen) atoms. The van der Waals surface area contributed by atoms with Crippen molar-refractivity contribution in [3.05, 3.63) is 317 Å². The summed E-state index contributed by atoms with van der Waals surface area (Å²) in [7, 11) is 0. The summed E-state index contributed by atoms with van der Waals surface area (Å²) in [5, 5.41) is 0. The van der Waals surface area contributed by atoms with Crippen LogP contribution in [0.1, 0.15) is 44.5 Å². The van der Waals surface area contributed by atoms with Crippen LogP contribution in [0.2, 0.25) is 0 Å². The Kier molecular flexibility index (Phi) is 9.06. The first kappa shape index (κ1) is 40.1. The molecule has 1 spiro atoms. The highest BCUT2D eigenvalue weighted by atomic mass is 16.5. The molecule has 0 unspecified atom stereocenters. The summed E-state index contributed by atoms with van der Waals surface area (Å²) in [6.07, 6.45) is 0. The second-order valence-electron chi connectivity index (χ2n) is 18.7. The molecule has 0 amide bonds. The van der Waals surface area contributed by atoms with E-state index in [0.29, 0.717) is 0 Å². The highest BCUT2D eigenvalue weighted by Crippen LogP contribution is 2.63. The Hall–Kier alpha value is -8.98. The number of nitrogens with zero attached hydrogens (tertiary/aromatic N) is 1. The van der Waals surface area contributed by atoms with Crippen molar-refractivity contribution in [2.24, 2.45) is 0 Å². The van der Waals surface area contributed by atoms with Crippen LogP contribution >= 0.6 is 0 Å². The number of anilines is 3. The molecular weight excluding hydrogens is 847 g/mol. The molecule has 11 aromatic carbocycles. The maximum atomic E-state index is 6.90. The Bertz CT molecular complexity index is 3720. The predicted molar refractivity (Wildman–Crippen MR) is 287 cm³/mol. The van der Waals surface area contributed by atoms with Gasteiger partial charge in [-0.1, -0.05) is 224 Å². The van der Waals surface area contributed by atoms with Gasteiger partial charge in [0, 0.05) is 28.1 Å². The van der Waals surface area contributed by atoms with Crippen molar-refractivity contribution < 1.29 is 4.74 Å². The summed E-state index contributed by atoms with van der Waals surface area (Å²) in [6, 6.07) is 100. The molecule has 11 aromatic rings. The van der Waals surface area contributed by atoms with Crippen molar-refractivity contribution in [3.63, 3.8) is 0 Å². The number of hydrogen-bond donors (Lipinski definition) is 0. The van der Waals surface area contributed by atoms with E-state index in [-0.39, 0.29) is 0 Å². The molecule has 0 fully saturated rings. The fourth-order valence-electron chi connectivity index (χ4n) is 12.4. The average molecular weight is 892 g/mol. The summed E-state index contributed by atoms with van der Waals surface area (Å²) in [4.78, 5) is 2.47. The second-order valence-corrected chi connectivity index (χ2v) is 18.7. The number of benzene rings is 11. The fraction of sp³-hybridized carbons (Fsp3) is 0.0294. The lowest BCUT2D eigenvalue weighted by Crippen LogP contribution is -2.32. The first-order valence-electron chi connectivity index (χ1n) is 24.2. The van der Waals surface area contributed by atoms with Crippen LogP contribution in [-0.4, -0.2) is 0 Å². The van der Waals surface area contributed by atoms with Crippen molar-refractivity contribution in [1.82, 2.24) is 0 Å². The molecule has 2 heteroatoms. The summed E-state index contributed by atoms with van der Waals surface area (Å²) >= 11 is 0. The Morgan fingerprint density at radius 2 is 0.700 bits per heavy atom. The van der Waals surface area contributed by atoms with Gasteiger partial charge in [-0.25, -0.2) is 0 Å². The van der Waals surface area contributed by atoms with Crippen LogP contribution in [0.4, 0.5) is 17.1 Å². The van der Waals surface area contributed by atoms with E-state index in [1.165, 1.54) is 66.8 Å². The highest BCUT2D eigenvalue weighted by molar-refractivity contribution is 5.94. The summed E-state index contributed by atoms with van der Waals surface area (Å²) < 4.78 is 6.90. The van der Waals surface area contributed by atoms with E-state index in [1.54, 1.807) is 0 Å². The Morgan fingerprint density at radius 1 is 0.257 bits per heavy atom. The third-order valence-corrected chi connectivity index (χ3v) is 15.2. The maximum Gasteiger partial charge on any atom is 0.132 e. The Morgan fingerprint density at radius 3 is 1.33 bits per heavy atom. The zero-order chi connectivity index (χ0) is 46.2. The minimum atomic E-state index is -0.581. The highest BCUT2D eigenvalue weighted by Gasteiger charge is 2.51. The molecule has 0 atom stereocenters. The van der Waals surface area contributed by atoms with E-state index < -0.39 is 10.8 Å². The van der Waals surface area contributed by atoms with Crippen LogP contribution < -0.4 is 9.64 Å². The van der Waals surface area contributed by atoms with Crippen LogP contribution in [0.25, 0.3) is 44.5 Å². The lowest BCUT2D eigenvalue weighted by atomic mass is 9.65. The molecule has 0 radical (unpaired) electrons. The minimum Gasteiger partial charge on any atom is -0.457 e. The molecule has 0 bridgehead atoms. The number of ether oxygens (including phenoxy) is 1. The molecule has 2 nitrogen and oxygen atoms in total. The zero-order valence-corrected chi connectivity index (χ0v) is 38.3. The van der Waals surface area contributed by atoms with Gasteiger partial charge in [-0.15, -0.1) is 0 Å². The van der Waals surface area contributed by atoms with E-state index in [1.807, 2.05) is 0 Å². The average Bonchev–Trinajstić information content (AvgIpc) is 3.90. The Balaban J connectivity index is 1.01. The molecular formula is C68H45NO. The number of fused-ring (bicyclic) bond motifs is 12. The largest absolute Gasteiger partial charge is 0.457 e. The molecule has 0 aromatic heterocycles. The predicted octanol–water partition coefficient (Wildman–Crippen LogP) is 17.3. The molecule has 0 N–H and O–H groups in total. The van der Waals surface area contributed by atoms with Gasteiger partial charge < -0.3 is 9.64 Å². The molecule has 1 heterocycles. The number of para-hydroxylation sites is 2. The zero-order valence-electron chi connectivity index (χ0n) is 38.3. The SMILES string of the molecule is c1ccc(-c2ccc(N(c3ccc4c(c3)C(c3ccccc3)(c3ccccc3)c3ccccc3-4)c3ccccc3-c3ccc4c(c3)C3(c5ccccc5O4)c4ccccc4-c4ccccc43)cc2)cc1.